The first kappa shape index (κ1) is 23.0. The highest BCUT2D eigenvalue weighted by Gasteiger charge is 2.24. The van der Waals surface area contributed by atoms with Gasteiger partial charge < -0.3 is 14.8 Å². The monoisotopic (exact) mass is 478 g/mol. The largest absolute Gasteiger partial charge is 0.490 e. The van der Waals surface area contributed by atoms with Crippen LogP contribution in [0.4, 0.5) is 5.69 Å². The number of hydrogen-bond acceptors (Lipinski definition) is 5. The van der Waals surface area contributed by atoms with E-state index in [1.807, 2.05) is 86.7 Å². The number of nitrogens with zero attached hydrogens (tertiary/aromatic N) is 1. The van der Waals surface area contributed by atoms with Crippen molar-refractivity contribution < 1.29 is 14.3 Å². The molecule has 1 fully saturated rings. The third kappa shape index (κ3) is 5.97. The average molecular weight is 479 g/mol. The van der Waals surface area contributed by atoms with Gasteiger partial charge in [0, 0.05) is 10.6 Å². The van der Waals surface area contributed by atoms with Crippen LogP contribution >= 0.6 is 23.4 Å². The highest BCUT2D eigenvalue weighted by molar-refractivity contribution is 8.18. The third-order valence-electron chi connectivity index (χ3n) is 4.82. The number of aliphatic imine (C=N–C) groups is 1. The fourth-order valence-electron chi connectivity index (χ4n) is 3.14. The summed E-state index contributed by atoms with van der Waals surface area (Å²) in [5, 5.41) is 4.03. The highest BCUT2D eigenvalue weighted by Crippen LogP contribution is 2.33. The summed E-state index contributed by atoms with van der Waals surface area (Å²) in [5.41, 5.74) is 3.68. The maximum atomic E-state index is 12.5. The Bertz CT molecular complexity index is 1220. The van der Waals surface area contributed by atoms with Gasteiger partial charge in [-0.05, 0) is 67.6 Å². The molecule has 3 aromatic rings. The van der Waals surface area contributed by atoms with E-state index in [2.05, 4.69) is 10.3 Å². The molecule has 0 atom stereocenters. The first-order chi connectivity index (χ1) is 16.0. The molecule has 0 radical (unpaired) electrons. The molecular weight excluding hydrogens is 456 g/mol. The molecule has 0 bridgehead atoms. The Kier molecular flexibility index (Phi) is 7.37. The molecule has 1 aliphatic heterocycles. The normalized spacial score (nSPS) is 15.7. The molecule has 1 amide bonds. The number of amides is 1. The van der Waals surface area contributed by atoms with Crippen molar-refractivity contribution >= 4 is 46.2 Å². The van der Waals surface area contributed by atoms with E-state index in [1.165, 1.54) is 11.8 Å². The second-order valence-corrected chi connectivity index (χ2v) is 8.77. The summed E-state index contributed by atoms with van der Waals surface area (Å²) < 4.78 is 11.7. The Morgan fingerprint density at radius 1 is 1.03 bits per heavy atom. The number of hydrogen-bond donors (Lipinski definition) is 1. The first-order valence-corrected chi connectivity index (χ1v) is 11.7. The van der Waals surface area contributed by atoms with Gasteiger partial charge in [-0.3, -0.25) is 4.79 Å². The second-order valence-electron chi connectivity index (χ2n) is 7.34. The van der Waals surface area contributed by atoms with Crippen molar-refractivity contribution in [1.29, 1.82) is 0 Å². The van der Waals surface area contributed by atoms with Crippen LogP contribution in [0.5, 0.6) is 11.5 Å². The fraction of sp³-hybridized carbons (Fsp3) is 0.154. The molecule has 0 aromatic heterocycles. The van der Waals surface area contributed by atoms with E-state index in [0.717, 1.165) is 22.4 Å². The molecule has 1 aliphatic rings. The zero-order valence-electron chi connectivity index (χ0n) is 18.3. The summed E-state index contributed by atoms with van der Waals surface area (Å²) in [7, 11) is 0. The van der Waals surface area contributed by atoms with Crippen LogP contribution in [0.25, 0.3) is 6.08 Å². The Morgan fingerprint density at radius 3 is 2.58 bits per heavy atom. The van der Waals surface area contributed by atoms with Crippen LogP contribution in [0.15, 0.2) is 76.6 Å². The molecule has 1 heterocycles. The summed E-state index contributed by atoms with van der Waals surface area (Å²) >= 11 is 7.54. The number of ether oxygens (including phenoxy) is 2. The lowest BCUT2D eigenvalue weighted by Gasteiger charge is -2.13. The smallest absolute Gasteiger partial charge is 0.264 e. The Hall–Kier alpha value is -3.22. The molecule has 3 aromatic carbocycles. The number of carbonyl (C=O) groups excluding carboxylic acids is 1. The van der Waals surface area contributed by atoms with Gasteiger partial charge in [0.1, 0.15) is 6.61 Å². The van der Waals surface area contributed by atoms with Gasteiger partial charge in [-0.1, -0.05) is 53.6 Å². The molecule has 1 saturated heterocycles. The lowest BCUT2D eigenvalue weighted by Crippen LogP contribution is -2.19. The summed E-state index contributed by atoms with van der Waals surface area (Å²) in [4.78, 5) is 17.5. The maximum absolute atomic E-state index is 12.5. The van der Waals surface area contributed by atoms with Crippen molar-refractivity contribution in [2.24, 2.45) is 4.99 Å². The number of halogens is 1. The number of amidine groups is 1. The molecule has 7 heteroatoms. The van der Waals surface area contributed by atoms with Gasteiger partial charge >= 0.3 is 0 Å². The van der Waals surface area contributed by atoms with Crippen molar-refractivity contribution in [2.45, 2.75) is 20.5 Å². The maximum Gasteiger partial charge on any atom is 0.264 e. The third-order valence-corrected chi connectivity index (χ3v) is 6.10. The number of rotatable bonds is 7. The number of thioether (sulfide) groups is 1. The van der Waals surface area contributed by atoms with Gasteiger partial charge in [0.15, 0.2) is 16.7 Å². The van der Waals surface area contributed by atoms with E-state index in [-0.39, 0.29) is 5.91 Å². The molecular formula is C26H23ClN2O3S. The topological polar surface area (TPSA) is 59.9 Å². The number of carbonyl (C=O) groups is 1. The van der Waals surface area contributed by atoms with Crippen molar-refractivity contribution in [1.82, 2.24) is 5.32 Å². The molecule has 0 aliphatic carbocycles. The molecule has 0 spiro atoms. The van der Waals surface area contributed by atoms with E-state index in [0.29, 0.717) is 39.8 Å². The predicted octanol–water partition coefficient (Wildman–Crippen LogP) is 6.52. The Morgan fingerprint density at radius 2 is 1.82 bits per heavy atom. The molecule has 1 N–H and O–H groups in total. The molecule has 0 unspecified atom stereocenters. The predicted molar refractivity (Wildman–Crippen MR) is 135 cm³/mol. The second kappa shape index (κ2) is 10.6. The Labute approximate surface area is 202 Å². The van der Waals surface area contributed by atoms with Crippen molar-refractivity contribution in [2.75, 3.05) is 6.61 Å². The van der Waals surface area contributed by atoms with Crippen LogP contribution in [0.3, 0.4) is 0 Å². The van der Waals surface area contributed by atoms with E-state index >= 15 is 0 Å². The minimum absolute atomic E-state index is 0.178. The SMILES string of the molecule is CCOc1cc(C=C2SC(=Nc3ccc(C)cc3)NC2=O)ccc1OCc1ccccc1Cl. The quantitative estimate of drug-likeness (QED) is 0.393. The van der Waals surface area contributed by atoms with Crippen molar-refractivity contribution in [3.63, 3.8) is 0 Å². The van der Waals surface area contributed by atoms with E-state index in [9.17, 15) is 4.79 Å². The van der Waals surface area contributed by atoms with E-state index in [4.69, 9.17) is 21.1 Å². The minimum Gasteiger partial charge on any atom is -0.490 e. The van der Waals surface area contributed by atoms with E-state index in [1.54, 1.807) is 0 Å². The zero-order valence-corrected chi connectivity index (χ0v) is 19.9. The molecule has 33 heavy (non-hydrogen) atoms. The van der Waals surface area contributed by atoms with Crippen LogP contribution < -0.4 is 14.8 Å². The van der Waals surface area contributed by atoms with Crippen molar-refractivity contribution in [3.05, 3.63) is 93.3 Å². The van der Waals surface area contributed by atoms with Gasteiger partial charge in [0.05, 0.1) is 17.2 Å². The lowest BCUT2D eigenvalue weighted by molar-refractivity contribution is -0.115. The Balaban J connectivity index is 1.51. The van der Waals surface area contributed by atoms with Crippen LogP contribution in [-0.4, -0.2) is 17.7 Å². The summed E-state index contributed by atoms with van der Waals surface area (Å²) in [5.74, 6) is 1.04. The van der Waals surface area contributed by atoms with Gasteiger partial charge in [-0.25, -0.2) is 4.99 Å². The fourth-order valence-corrected chi connectivity index (χ4v) is 4.17. The van der Waals surface area contributed by atoms with Crippen molar-refractivity contribution in [3.8, 4) is 11.5 Å². The van der Waals surface area contributed by atoms with Crippen LogP contribution in [-0.2, 0) is 11.4 Å². The van der Waals surface area contributed by atoms with Gasteiger partial charge in [-0.15, -0.1) is 0 Å². The van der Waals surface area contributed by atoms with Gasteiger partial charge in [0.2, 0.25) is 0 Å². The molecule has 0 saturated carbocycles. The first-order valence-electron chi connectivity index (χ1n) is 10.5. The lowest BCUT2D eigenvalue weighted by atomic mass is 10.2. The summed E-state index contributed by atoms with van der Waals surface area (Å²) in [6.07, 6.45) is 1.82. The highest BCUT2D eigenvalue weighted by atomic mass is 35.5. The van der Waals surface area contributed by atoms with Crippen LogP contribution in [0.1, 0.15) is 23.6 Å². The van der Waals surface area contributed by atoms with Crippen LogP contribution in [0, 0.1) is 6.92 Å². The standard InChI is InChI=1S/C26H23ClN2O3S/c1-3-31-23-14-18(10-13-22(23)32-16-19-6-4-5-7-21(19)27)15-24-25(30)29-26(33-24)28-20-11-8-17(2)9-12-20/h4-15H,3,16H2,1-2H3,(H,28,29,30). The zero-order chi connectivity index (χ0) is 23.2. The van der Waals surface area contributed by atoms with Crippen LogP contribution in [0.2, 0.25) is 5.02 Å². The molecule has 5 nitrogen and oxygen atoms in total. The van der Waals surface area contributed by atoms with Gasteiger partial charge in [0.25, 0.3) is 5.91 Å². The number of aryl methyl sites for hydroxylation is 1. The summed E-state index contributed by atoms with van der Waals surface area (Å²) in [6.45, 7) is 4.76. The minimum atomic E-state index is -0.178. The summed E-state index contributed by atoms with van der Waals surface area (Å²) in [6, 6.07) is 21.0. The number of nitrogens with one attached hydrogen (secondary N) is 1. The molecule has 168 valence electrons. The average Bonchev–Trinajstić information content (AvgIpc) is 3.14. The molecule has 4 rings (SSSR count). The van der Waals surface area contributed by atoms with Gasteiger partial charge in [-0.2, -0.15) is 0 Å². The van der Waals surface area contributed by atoms with E-state index < -0.39 is 0 Å². The number of benzene rings is 3.